The lowest BCUT2D eigenvalue weighted by Gasteiger charge is -2.30. The smallest absolute Gasteiger partial charge is 0.251 e. The van der Waals surface area contributed by atoms with Gasteiger partial charge in [-0.25, -0.2) is 0 Å². The summed E-state index contributed by atoms with van der Waals surface area (Å²) in [5, 5.41) is 5.93. The lowest BCUT2D eigenvalue weighted by atomic mass is 9.77. The van der Waals surface area contributed by atoms with E-state index in [-0.39, 0.29) is 47.0 Å². The summed E-state index contributed by atoms with van der Waals surface area (Å²) in [6, 6.07) is 0. The average molecular weight is 595 g/mol. The molecule has 2 aliphatic rings. The molecule has 2 bridgehead atoms. The molecule has 0 aromatic carbocycles. The van der Waals surface area contributed by atoms with Crippen LogP contribution >= 0.6 is 0 Å². The van der Waals surface area contributed by atoms with Crippen molar-refractivity contribution in [2.75, 3.05) is 27.2 Å². The minimum atomic E-state index is -0.435. The molecule has 0 fully saturated rings. The molecule has 0 aromatic heterocycles. The van der Waals surface area contributed by atoms with Crippen molar-refractivity contribution in [3.05, 3.63) is 71.0 Å². The SMILES string of the molecule is C=C(N)OC1/C(C)=C/[C@H](C)[C@@H](C)C(C)C[C@H](C)CC2=C(NCCN(C)C)C(=O)C=C(NC(=O)/C(C)=C/C=C\C1CC)C2=O. The van der Waals surface area contributed by atoms with E-state index >= 15 is 0 Å². The molecule has 238 valence electrons. The van der Waals surface area contributed by atoms with E-state index in [0.29, 0.717) is 48.2 Å². The molecule has 1 aliphatic carbocycles. The number of rotatable bonds is 7. The maximum absolute atomic E-state index is 13.7. The van der Waals surface area contributed by atoms with Gasteiger partial charge in [0.05, 0.1) is 11.4 Å². The molecule has 0 spiro atoms. The van der Waals surface area contributed by atoms with Crippen LogP contribution in [0.1, 0.15) is 67.7 Å². The van der Waals surface area contributed by atoms with Gasteiger partial charge in [0, 0.05) is 36.2 Å². The van der Waals surface area contributed by atoms with E-state index in [4.69, 9.17) is 10.5 Å². The highest BCUT2D eigenvalue weighted by atomic mass is 16.5. The summed E-state index contributed by atoms with van der Waals surface area (Å²) in [7, 11) is 3.91. The van der Waals surface area contributed by atoms with Gasteiger partial charge in [0.15, 0.2) is 5.88 Å². The minimum Gasteiger partial charge on any atom is -0.472 e. The number of amides is 1. The number of carbonyl (C=O) groups is 3. The highest BCUT2D eigenvalue weighted by Crippen LogP contribution is 2.33. The van der Waals surface area contributed by atoms with Crippen molar-refractivity contribution >= 4 is 17.5 Å². The van der Waals surface area contributed by atoms with E-state index in [1.54, 1.807) is 13.0 Å². The van der Waals surface area contributed by atoms with Gasteiger partial charge in [-0.3, -0.25) is 14.4 Å². The number of ether oxygens (including phenoxy) is 1. The first-order chi connectivity index (χ1) is 20.2. The first-order valence-electron chi connectivity index (χ1n) is 15.5. The lowest BCUT2D eigenvalue weighted by Crippen LogP contribution is -2.37. The van der Waals surface area contributed by atoms with E-state index in [2.05, 4.69) is 64.8 Å². The molecule has 0 saturated heterocycles. The van der Waals surface area contributed by atoms with Crippen LogP contribution in [0.5, 0.6) is 0 Å². The van der Waals surface area contributed by atoms with Crippen molar-refractivity contribution < 1.29 is 19.1 Å². The van der Waals surface area contributed by atoms with Crippen LogP contribution in [0.25, 0.3) is 0 Å². The summed E-state index contributed by atoms with van der Waals surface area (Å²) >= 11 is 0. The van der Waals surface area contributed by atoms with Gasteiger partial charge in [0.25, 0.3) is 5.91 Å². The van der Waals surface area contributed by atoms with Crippen LogP contribution in [0, 0.1) is 29.6 Å². The number of hydrogen-bond donors (Lipinski definition) is 3. The standard InChI is InChI=1S/C35H54N4O4/c1-11-28-14-12-13-22(3)35(42)38-30-20-31(40)32(37-15-16-39(9)10)29(33(30)41)18-21(2)17-23(4)26(7)24(5)19-25(6)34(28)43-27(8)36/h12-14,19-21,23-24,26,28,34,37H,8,11,15-18,36H2,1-7,9-10H3,(H,38,42)/b14-12-,22-13+,25-19+/t21-,23?,24-,26-,28?,34?/m0/s1. The largest absolute Gasteiger partial charge is 0.472 e. The van der Waals surface area contributed by atoms with Crippen LogP contribution in [-0.2, 0) is 19.1 Å². The Morgan fingerprint density at radius 1 is 1.16 bits per heavy atom. The Morgan fingerprint density at radius 2 is 1.84 bits per heavy atom. The number of nitrogens with two attached hydrogens (primary N) is 1. The van der Waals surface area contributed by atoms with E-state index < -0.39 is 5.91 Å². The zero-order chi connectivity index (χ0) is 32.4. The maximum atomic E-state index is 13.7. The summed E-state index contributed by atoms with van der Waals surface area (Å²) < 4.78 is 6.03. The number of hydrogen-bond acceptors (Lipinski definition) is 7. The topological polar surface area (TPSA) is 114 Å². The van der Waals surface area contributed by atoms with E-state index in [1.165, 1.54) is 6.08 Å². The van der Waals surface area contributed by atoms with Gasteiger partial charge in [-0.1, -0.05) is 58.9 Å². The molecule has 8 nitrogen and oxygen atoms in total. The molecule has 0 saturated carbocycles. The lowest BCUT2D eigenvalue weighted by molar-refractivity contribution is -0.120. The first-order valence-corrected chi connectivity index (χ1v) is 15.5. The fourth-order valence-electron chi connectivity index (χ4n) is 5.81. The monoisotopic (exact) mass is 594 g/mol. The molecule has 2 rings (SSSR count). The van der Waals surface area contributed by atoms with E-state index in [1.807, 2.05) is 31.1 Å². The van der Waals surface area contributed by atoms with Gasteiger partial charge in [-0.2, -0.15) is 0 Å². The van der Waals surface area contributed by atoms with Crippen molar-refractivity contribution in [2.45, 2.75) is 73.8 Å². The Labute approximate surface area is 259 Å². The van der Waals surface area contributed by atoms with Crippen LogP contribution < -0.4 is 16.4 Å². The third-order valence-electron chi connectivity index (χ3n) is 8.68. The van der Waals surface area contributed by atoms with Gasteiger partial charge in [0.2, 0.25) is 11.6 Å². The zero-order valence-corrected chi connectivity index (χ0v) is 27.8. The minimum absolute atomic E-state index is 0.00272. The Bertz CT molecular complexity index is 1210. The summed E-state index contributed by atoms with van der Waals surface area (Å²) in [6.45, 7) is 19.7. The number of likely N-dealkylation sites (N-methyl/N-ethyl adjacent to an activating group) is 1. The van der Waals surface area contributed by atoms with Gasteiger partial charge < -0.3 is 26.0 Å². The fraction of sp³-hybridized carbons (Fsp3) is 0.571. The number of allylic oxidation sites excluding steroid dienone is 5. The quantitative estimate of drug-likeness (QED) is 0.212. The van der Waals surface area contributed by atoms with Crippen LogP contribution in [0.2, 0.25) is 0 Å². The average Bonchev–Trinajstić information content (AvgIpc) is 2.92. The zero-order valence-electron chi connectivity index (χ0n) is 27.8. The van der Waals surface area contributed by atoms with Crippen molar-refractivity contribution in [3.8, 4) is 0 Å². The molecule has 0 aromatic rings. The van der Waals surface area contributed by atoms with E-state index in [0.717, 1.165) is 18.4 Å². The Balaban J connectivity index is 2.56. The molecular weight excluding hydrogens is 540 g/mol. The number of fused-ring (bicyclic) bond motifs is 2. The number of nitrogens with one attached hydrogen (secondary N) is 2. The van der Waals surface area contributed by atoms with Crippen molar-refractivity contribution in [1.29, 1.82) is 0 Å². The fourth-order valence-corrected chi connectivity index (χ4v) is 5.81. The maximum Gasteiger partial charge on any atom is 0.251 e. The number of Topliss-reactive ketones (excluding diaryl/α,β-unsaturated/α-hetero) is 1. The Morgan fingerprint density at radius 3 is 2.44 bits per heavy atom. The summed E-state index contributed by atoms with van der Waals surface area (Å²) in [5.74, 6) is 0.229. The number of nitrogens with zero attached hydrogens (tertiary/aromatic N) is 1. The molecule has 6 atom stereocenters. The second-order valence-corrected chi connectivity index (χ2v) is 12.8. The molecule has 0 radical (unpaired) electrons. The van der Waals surface area contributed by atoms with Crippen LogP contribution in [-0.4, -0.2) is 55.7 Å². The highest BCUT2D eigenvalue weighted by Gasteiger charge is 2.32. The number of carbonyl (C=O) groups excluding carboxylic acids is 3. The summed E-state index contributed by atoms with van der Waals surface area (Å²) in [5.41, 5.74) is 8.18. The molecule has 1 amide bonds. The van der Waals surface area contributed by atoms with E-state index in [9.17, 15) is 14.4 Å². The third kappa shape index (κ3) is 10.4. The molecule has 1 heterocycles. The molecule has 43 heavy (non-hydrogen) atoms. The second-order valence-electron chi connectivity index (χ2n) is 12.8. The Kier molecular flexibility index (Phi) is 13.7. The van der Waals surface area contributed by atoms with Gasteiger partial charge >= 0.3 is 0 Å². The molecule has 3 unspecified atom stereocenters. The summed E-state index contributed by atoms with van der Waals surface area (Å²) in [4.78, 5) is 42.1. The molecule has 8 heteroatoms. The predicted octanol–water partition coefficient (Wildman–Crippen LogP) is 5.17. The molecular formula is C35H54N4O4. The van der Waals surface area contributed by atoms with Gasteiger partial charge in [-0.15, -0.1) is 0 Å². The van der Waals surface area contributed by atoms with Crippen LogP contribution in [0.15, 0.2) is 71.0 Å². The van der Waals surface area contributed by atoms with Gasteiger partial charge in [0.1, 0.15) is 6.10 Å². The normalized spacial score (nSPS) is 31.4. The molecule has 4 N–H and O–H groups in total. The van der Waals surface area contributed by atoms with Crippen molar-refractivity contribution in [1.82, 2.24) is 15.5 Å². The third-order valence-corrected chi connectivity index (χ3v) is 8.68. The van der Waals surface area contributed by atoms with Crippen molar-refractivity contribution in [2.24, 2.45) is 35.3 Å². The first kappa shape index (κ1) is 35.8. The van der Waals surface area contributed by atoms with Crippen LogP contribution in [0.3, 0.4) is 0 Å². The molecule has 1 aliphatic heterocycles. The highest BCUT2D eigenvalue weighted by molar-refractivity contribution is 6.23. The van der Waals surface area contributed by atoms with Crippen molar-refractivity contribution in [3.63, 3.8) is 0 Å². The summed E-state index contributed by atoms with van der Waals surface area (Å²) in [6.07, 6.45) is 10.9. The Hall–Kier alpha value is -3.39. The number of ketones is 2. The van der Waals surface area contributed by atoms with Crippen LogP contribution in [0.4, 0.5) is 0 Å². The van der Waals surface area contributed by atoms with Gasteiger partial charge in [-0.05, 0) is 83.0 Å². The second kappa shape index (κ2) is 16.5. The predicted molar refractivity (Wildman–Crippen MR) is 174 cm³/mol.